The Hall–Kier alpha value is -0.580. The van der Waals surface area contributed by atoms with Gasteiger partial charge in [0.1, 0.15) is 0 Å². The first-order valence-corrected chi connectivity index (χ1v) is 9.13. The van der Waals surface area contributed by atoms with Crippen molar-refractivity contribution < 1.29 is 13.2 Å². The van der Waals surface area contributed by atoms with Gasteiger partial charge in [0.15, 0.2) is 9.84 Å². The van der Waals surface area contributed by atoms with Crippen molar-refractivity contribution in [3.8, 4) is 0 Å². The van der Waals surface area contributed by atoms with Gasteiger partial charge in [-0.3, -0.25) is 4.79 Å². The summed E-state index contributed by atoms with van der Waals surface area (Å²) in [6, 6.07) is -0.225. The highest BCUT2D eigenvalue weighted by Crippen LogP contribution is 2.48. The van der Waals surface area contributed by atoms with E-state index in [0.717, 1.165) is 12.3 Å². The number of carbonyl (C=O) groups is 1. The van der Waals surface area contributed by atoms with Crippen LogP contribution in [0.4, 0.5) is 0 Å². The Morgan fingerprint density at radius 3 is 2.47 bits per heavy atom. The van der Waals surface area contributed by atoms with Crippen molar-refractivity contribution in [2.75, 3.05) is 18.6 Å². The van der Waals surface area contributed by atoms with E-state index in [1.165, 1.54) is 19.3 Å². The summed E-state index contributed by atoms with van der Waals surface area (Å²) < 4.78 is 23.3. The van der Waals surface area contributed by atoms with E-state index in [1.54, 1.807) is 18.9 Å². The molecule has 2 saturated carbocycles. The topological polar surface area (TPSA) is 54.5 Å². The highest BCUT2D eigenvalue weighted by atomic mass is 32.2. The molecule has 2 fully saturated rings. The Balaban J connectivity index is 1.95. The molecular weight excluding hydrogens is 262 g/mol. The average Bonchev–Trinajstić information content (AvgIpc) is 2.98. The van der Waals surface area contributed by atoms with Crippen LogP contribution >= 0.6 is 0 Å². The van der Waals surface area contributed by atoms with Gasteiger partial charge in [-0.15, -0.1) is 0 Å². The lowest BCUT2D eigenvalue weighted by molar-refractivity contribution is -0.137. The van der Waals surface area contributed by atoms with Crippen molar-refractivity contribution in [3.05, 3.63) is 0 Å². The van der Waals surface area contributed by atoms with Gasteiger partial charge in [-0.1, -0.05) is 13.3 Å². The molecular formula is C14H25NO3S. The highest BCUT2D eigenvalue weighted by Gasteiger charge is 2.44. The summed E-state index contributed by atoms with van der Waals surface area (Å²) in [6.07, 6.45) is 4.67. The first-order chi connectivity index (χ1) is 8.84. The molecule has 2 rings (SSSR count). The predicted molar refractivity (Wildman–Crippen MR) is 75.5 cm³/mol. The third-order valence-corrected chi connectivity index (χ3v) is 6.87. The summed E-state index contributed by atoms with van der Waals surface area (Å²) in [7, 11) is -1.27. The quantitative estimate of drug-likeness (QED) is 0.773. The smallest absolute Gasteiger partial charge is 0.225 e. The molecule has 0 heterocycles. The van der Waals surface area contributed by atoms with Crippen LogP contribution in [-0.2, 0) is 14.6 Å². The first kappa shape index (κ1) is 14.8. The molecule has 0 aromatic heterocycles. The fourth-order valence-electron chi connectivity index (χ4n) is 3.62. The number of hydrogen-bond acceptors (Lipinski definition) is 3. The van der Waals surface area contributed by atoms with Crippen molar-refractivity contribution in [2.45, 2.75) is 45.6 Å². The molecule has 0 unspecified atom stereocenters. The van der Waals surface area contributed by atoms with Crippen molar-refractivity contribution in [2.24, 2.45) is 17.8 Å². The summed E-state index contributed by atoms with van der Waals surface area (Å²) in [4.78, 5) is 14.1. The normalized spacial score (nSPS) is 31.4. The third-order valence-electron chi connectivity index (χ3n) is 5.00. The lowest BCUT2D eigenvalue weighted by atomic mass is 9.87. The van der Waals surface area contributed by atoms with E-state index >= 15 is 0 Å². The highest BCUT2D eigenvalue weighted by molar-refractivity contribution is 7.91. The van der Waals surface area contributed by atoms with E-state index in [9.17, 15) is 13.2 Å². The summed E-state index contributed by atoms with van der Waals surface area (Å²) in [6.45, 7) is 3.48. The largest absolute Gasteiger partial charge is 0.342 e. The fraction of sp³-hybridized carbons (Fsp3) is 0.929. The second-order valence-corrected chi connectivity index (χ2v) is 8.68. The Morgan fingerprint density at radius 2 is 2.00 bits per heavy atom. The Bertz CT molecular complexity index is 446. The van der Waals surface area contributed by atoms with Crippen LogP contribution in [-0.4, -0.2) is 43.8 Å². The van der Waals surface area contributed by atoms with E-state index in [1.807, 2.05) is 6.92 Å². The van der Waals surface area contributed by atoms with Crippen LogP contribution in [0.5, 0.6) is 0 Å². The molecule has 4 atom stereocenters. The molecule has 0 aromatic carbocycles. The predicted octanol–water partition coefficient (Wildman–Crippen LogP) is 1.70. The van der Waals surface area contributed by atoms with Gasteiger partial charge in [0.05, 0.1) is 5.75 Å². The molecule has 110 valence electrons. The standard InChI is InChI=1S/C14H25NO3S/c1-4-19(17,18)9-10(2)15(3)14(16)13-8-11-5-6-12(13)7-11/h10-13H,4-9H2,1-3H3/t10-,11-,12-,13-/m0/s1. The molecule has 0 radical (unpaired) electrons. The van der Waals surface area contributed by atoms with Crippen LogP contribution in [0.25, 0.3) is 0 Å². The second-order valence-electron chi connectivity index (χ2n) is 6.28. The Kier molecular flexibility index (Phi) is 4.23. The van der Waals surface area contributed by atoms with E-state index in [-0.39, 0.29) is 29.4 Å². The van der Waals surface area contributed by atoms with Gasteiger partial charge in [0.25, 0.3) is 0 Å². The van der Waals surface area contributed by atoms with Crippen molar-refractivity contribution >= 4 is 15.7 Å². The average molecular weight is 287 g/mol. The molecule has 5 heteroatoms. The van der Waals surface area contributed by atoms with E-state index in [2.05, 4.69) is 0 Å². The maximum Gasteiger partial charge on any atom is 0.225 e. The van der Waals surface area contributed by atoms with Gasteiger partial charge >= 0.3 is 0 Å². The molecule has 2 aliphatic carbocycles. The van der Waals surface area contributed by atoms with E-state index in [4.69, 9.17) is 0 Å². The first-order valence-electron chi connectivity index (χ1n) is 7.31. The number of amides is 1. The van der Waals surface area contributed by atoms with Crippen LogP contribution in [0.2, 0.25) is 0 Å². The third kappa shape index (κ3) is 3.12. The molecule has 4 nitrogen and oxygen atoms in total. The molecule has 0 aromatic rings. The monoisotopic (exact) mass is 287 g/mol. The maximum atomic E-state index is 12.5. The minimum absolute atomic E-state index is 0.0759. The fourth-order valence-corrected chi connectivity index (χ4v) is 4.82. The molecule has 0 spiro atoms. The number of nitrogens with zero attached hydrogens (tertiary/aromatic N) is 1. The minimum atomic E-state index is -3.02. The van der Waals surface area contributed by atoms with Gasteiger partial charge < -0.3 is 4.90 Å². The summed E-state index contributed by atoms with van der Waals surface area (Å²) in [5.74, 6) is 1.82. The molecule has 19 heavy (non-hydrogen) atoms. The van der Waals surface area contributed by atoms with Crippen molar-refractivity contribution in [1.29, 1.82) is 0 Å². The number of hydrogen-bond donors (Lipinski definition) is 0. The molecule has 2 aliphatic rings. The van der Waals surface area contributed by atoms with Crippen LogP contribution in [0.3, 0.4) is 0 Å². The van der Waals surface area contributed by atoms with Crippen LogP contribution < -0.4 is 0 Å². The zero-order valence-electron chi connectivity index (χ0n) is 12.1. The van der Waals surface area contributed by atoms with Crippen molar-refractivity contribution in [3.63, 3.8) is 0 Å². The summed E-state index contributed by atoms with van der Waals surface area (Å²) >= 11 is 0. The van der Waals surface area contributed by atoms with E-state index < -0.39 is 9.84 Å². The summed E-state index contributed by atoms with van der Waals surface area (Å²) in [5.41, 5.74) is 0. The summed E-state index contributed by atoms with van der Waals surface area (Å²) in [5, 5.41) is 0. The number of sulfone groups is 1. The maximum absolute atomic E-state index is 12.5. The SMILES string of the molecule is CCS(=O)(=O)C[C@H](C)N(C)C(=O)[C@H]1C[C@H]2CC[C@H]1C2. The lowest BCUT2D eigenvalue weighted by Gasteiger charge is -2.30. The van der Waals surface area contributed by atoms with Crippen LogP contribution in [0, 0.1) is 17.8 Å². The van der Waals surface area contributed by atoms with E-state index in [0.29, 0.717) is 5.92 Å². The van der Waals surface area contributed by atoms with Crippen LogP contribution in [0.15, 0.2) is 0 Å². The number of fused-ring (bicyclic) bond motifs is 2. The van der Waals surface area contributed by atoms with Crippen molar-refractivity contribution in [1.82, 2.24) is 4.90 Å². The van der Waals surface area contributed by atoms with Gasteiger partial charge in [0.2, 0.25) is 5.91 Å². The minimum Gasteiger partial charge on any atom is -0.342 e. The second kappa shape index (κ2) is 5.43. The number of rotatable bonds is 5. The zero-order chi connectivity index (χ0) is 14.2. The number of carbonyl (C=O) groups excluding carboxylic acids is 1. The van der Waals surface area contributed by atoms with Gasteiger partial charge in [0, 0.05) is 24.8 Å². The molecule has 1 amide bonds. The van der Waals surface area contributed by atoms with Crippen LogP contribution in [0.1, 0.15) is 39.5 Å². The molecule has 0 saturated heterocycles. The molecule has 0 aliphatic heterocycles. The van der Waals surface area contributed by atoms with Gasteiger partial charge in [-0.25, -0.2) is 8.42 Å². The van der Waals surface area contributed by atoms with Gasteiger partial charge in [-0.2, -0.15) is 0 Å². The lowest BCUT2D eigenvalue weighted by Crippen LogP contribution is -2.44. The Morgan fingerprint density at radius 1 is 1.32 bits per heavy atom. The molecule has 2 bridgehead atoms. The van der Waals surface area contributed by atoms with Gasteiger partial charge in [-0.05, 0) is 38.0 Å². The Labute approximate surface area is 116 Å². The molecule has 0 N–H and O–H groups in total. The zero-order valence-corrected chi connectivity index (χ0v) is 12.9.